The summed E-state index contributed by atoms with van der Waals surface area (Å²) >= 11 is 0. The molecule has 12 heteroatoms. The van der Waals surface area contributed by atoms with Gasteiger partial charge < -0.3 is 32.3 Å². The third-order valence-corrected chi connectivity index (χ3v) is 10.8. The summed E-state index contributed by atoms with van der Waals surface area (Å²) in [5.74, 6) is -0.468. The fourth-order valence-electron chi connectivity index (χ4n) is 7.71. The molecule has 54 heavy (non-hydrogen) atoms. The number of hydrogen-bond acceptors (Lipinski definition) is 8. The lowest BCUT2D eigenvalue weighted by Gasteiger charge is -2.37. The number of anilines is 1. The second-order valence-electron chi connectivity index (χ2n) is 18.3. The molecule has 0 heterocycles. The van der Waals surface area contributed by atoms with Gasteiger partial charge in [0.15, 0.2) is 11.6 Å². The van der Waals surface area contributed by atoms with Crippen LogP contribution in [0.2, 0.25) is 0 Å². The molecule has 2 atom stereocenters. The van der Waals surface area contributed by atoms with Crippen LogP contribution >= 0.6 is 0 Å². The van der Waals surface area contributed by atoms with Crippen molar-refractivity contribution in [2.24, 2.45) is 17.1 Å². The molecule has 1 aromatic rings. The molecule has 12 nitrogen and oxygen atoms in total. The summed E-state index contributed by atoms with van der Waals surface area (Å²) in [7, 11) is 0. The summed E-state index contributed by atoms with van der Waals surface area (Å²) in [6, 6.07) is 5.47. The van der Waals surface area contributed by atoms with Crippen LogP contribution in [0.15, 0.2) is 24.3 Å². The standard InChI is InChI=1S/C42H71N7O5/c1-29(2)35(49-41(20-9-10-21-41)33(50)19-26-46-40(6,7)8)37(53)47-32(14-13-25-45-38(43)54)36(52)42(22-11-12-23-42)48-31-17-15-30(16-18-31)28-34(51)44-27-24-39(3,4)5/h15-18,29,32,35,46,48-49H,9-14,19-28H2,1-8H3,(H,44,51)(H,47,53)(H3,43,45,54)/t32-,35-/m0/s1. The largest absolute Gasteiger partial charge is 0.373 e. The second kappa shape index (κ2) is 19.9. The van der Waals surface area contributed by atoms with Crippen molar-refractivity contribution in [3.63, 3.8) is 0 Å². The molecule has 0 bridgehead atoms. The molecule has 3 rings (SSSR count). The van der Waals surface area contributed by atoms with Gasteiger partial charge in [-0.2, -0.15) is 0 Å². The maximum absolute atomic E-state index is 14.7. The SMILES string of the molecule is CC(C)[C@H](NC1(C(=O)CCNC(C)(C)C)CCCC1)C(=O)N[C@@H](CCCNC(N)=O)C(=O)C1(Nc2ccc(CC(=O)NCCC(C)(C)C)cc2)CCCC1. The van der Waals surface area contributed by atoms with Gasteiger partial charge in [0.2, 0.25) is 11.8 Å². The molecular formula is C42H71N7O5. The molecule has 2 aliphatic carbocycles. The number of ketones is 2. The Morgan fingerprint density at radius 2 is 1.39 bits per heavy atom. The maximum atomic E-state index is 14.7. The first-order valence-electron chi connectivity index (χ1n) is 20.3. The van der Waals surface area contributed by atoms with E-state index in [0.29, 0.717) is 58.0 Å². The van der Waals surface area contributed by atoms with E-state index in [1.165, 1.54) is 0 Å². The van der Waals surface area contributed by atoms with E-state index in [4.69, 9.17) is 5.73 Å². The first-order valence-corrected chi connectivity index (χ1v) is 20.3. The van der Waals surface area contributed by atoms with Gasteiger partial charge >= 0.3 is 6.03 Å². The Kier molecular flexibility index (Phi) is 16.5. The molecule has 8 N–H and O–H groups in total. The highest BCUT2D eigenvalue weighted by Crippen LogP contribution is 2.36. The predicted octanol–water partition coefficient (Wildman–Crippen LogP) is 5.28. The van der Waals surface area contributed by atoms with Crippen LogP contribution in [-0.4, -0.2) is 77.7 Å². The van der Waals surface area contributed by atoms with Gasteiger partial charge in [0.25, 0.3) is 0 Å². The number of hydrogen-bond donors (Lipinski definition) is 7. The van der Waals surface area contributed by atoms with Crippen molar-refractivity contribution in [1.82, 2.24) is 26.6 Å². The molecule has 0 aliphatic heterocycles. The van der Waals surface area contributed by atoms with Crippen LogP contribution in [-0.2, 0) is 25.6 Å². The zero-order valence-corrected chi connectivity index (χ0v) is 34.5. The van der Waals surface area contributed by atoms with Crippen molar-refractivity contribution in [3.8, 4) is 0 Å². The number of carbonyl (C=O) groups excluding carboxylic acids is 5. The average molecular weight is 754 g/mol. The molecule has 304 valence electrons. The van der Waals surface area contributed by atoms with Gasteiger partial charge in [-0.05, 0) is 94.7 Å². The zero-order chi connectivity index (χ0) is 40.2. The number of nitrogens with two attached hydrogens (primary N) is 1. The fraction of sp³-hybridized carbons (Fsp3) is 0.738. The van der Waals surface area contributed by atoms with E-state index in [1.54, 1.807) is 0 Å². The van der Waals surface area contributed by atoms with Crippen LogP contribution in [0.1, 0.15) is 138 Å². The highest BCUT2D eigenvalue weighted by molar-refractivity contribution is 5.99. The van der Waals surface area contributed by atoms with Crippen molar-refractivity contribution in [2.45, 2.75) is 168 Å². The summed E-state index contributed by atoms with van der Waals surface area (Å²) in [6.45, 7) is 18.0. The van der Waals surface area contributed by atoms with E-state index < -0.39 is 29.2 Å². The van der Waals surface area contributed by atoms with Crippen LogP contribution < -0.4 is 37.6 Å². The van der Waals surface area contributed by atoms with Gasteiger partial charge in [-0.15, -0.1) is 0 Å². The van der Waals surface area contributed by atoms with E-state index in [-0.39, 0.29) is 53.2 Å². The van der Waals surface area contributed by atoms with Gasteiger partial charge in [0, 0.05) is 37.3 Å². The third-order valence-electron chi connectivity index (χ3n) is 10.8. The van der Waals surface area contributed by atoms with E-state index in [2.05, 4.69) is 73.4 Å². The van der Waals surface area contributed by atoms with Crippen molar-refractivity contribution in [1.29, 1.82) is 0 Å². The first-order chi connectivity index (χ1) is 25.2. The fourth-order valence-corrected chi connectivity index (χ4v) is 7.71. The van der Waals surface area contributed by atoms with E-state index in [0.717, 1.165) is 43.4 Å². The number of rotatable bonds is 21. The number of amides is 4. The summed E-state index contributed by atoms with van der Waals surface area (Å²) in [5, 5.41) is 19.2. The van der Waals surface area contributed by atoms with E-state index >= 15 is 0 Å². The van der Waals surface area contributed by atoms with Crippen LogP contribution in [0, 0.1) is 11.3 Å². The smallest absolute Gasteiger partial charge is 0.312 e. The van der Waals surface area contributed by atoms with Gasteiger partial charge in [-0.1, -0.05) is 72.4 Å². The number of Topliss-reactive ketones (excluding diaryl/α,β-unsaturated/α-hetero) is 2. The normalized spacial score (nSPS) is 17.8. The highest BCUT2D eigenvalue weighted by Gasteiger charge is 2.47. The van der Waals surface area contributed by atoms with Gasteiger partial charge in [0.05, 0.1) is 29.6 Å². The number of benzene rings is 1. The Hall–Kier alpha value is -3.51. The molecule has 4 amide bonds. The molecule has 1 aromatic carbocycles. The number of carbonyl (C=O) groups is 5. The minimum Gasteiger partial charge on any atom is -0.373 e. The maximum Gasteiger partial charge on any atom is 0.312 e. The lowest BCUT2D eigenvalue weighted by atomic mass is 9.84. The molecule has 0 unspecified atom stereocenters. The lowest BCUT2D eigenvalue weighted by molar-refractivity contribution is -0.133. The topological polar surface area (TPSA) is 184 Å². The van der Waals surface area contributed by atoms with Gasteiger partial charge in [-0.3, -0.25) is 24.5 Å². The third kappa shape index (κ3) is 14.3. The van der Waals surface area contributed by atoms with E-state index in [1.807, 2.05) is 38.1 Å². The van der Waals surface area contributed by atoms with Crippen LogP contribution in [0.25, 0.3) is 0 Å². The molecule has 2 saturated carbocycles. The quantitative estimate of drug-likeness (QED) is 0.0828. The summed E-state index contributed by atoms with van der Waals surface area (Å²) in [6.07, 6.45) is 8.39. The van der Waals surface area contributed by atoms with Crippen molar-refractivity contribution >= 4 is 35.1 Å². The Bertz CT molecular complexity index is 1400. The zero-order valence-electron chi connectivity index (χ0n) is 34.5. The molecule has 0 aromatic heterocycles. The van der Waals surface area contributed by atoms with Gasteiger partial charge in [0.1, 0.15) is 0 Å². The monoisotopic (exact) mass is 754 g/mol. The Balaban J connectivity index is 1.78. The van der Waals surface area contributed by atoms with Crippen molar-refractivity contribution < 1.29 is 24.0 Å². The number of nitrogens with one attached hydrogen (secondary N) is 6. The first kappa shape index (κ1) is 44.9. The lowest BCUT2D eigenvalue weighted by Crippen LogP contribution is -2.63. The summed E-state index contributed by atoms with van der Waals surface area (Å²) in [4.78, 5) is 66.7. The minimum absolute atomic E-state index is 0.0261. The number of urea groups is 1. The summed E-state index contributed by atoms with van der Waals surface area (Å²) < 4.78 is 0. The molecule has 2 aliphatic rings. The average Bonchev–Trinajstić information content (AvgIpc) is 3.75. The van der Waals surface area contributed by atoms with E-state index in [9.17, 15) is 24.0 Å². The second-order valence-corrected chi connectivity index (χ2v) is 18.3. The molecular weight excluding hydrogens is 683 g/mol. The molecule has 0 spiro atoms. The Labute approximate surface area is 324 Å². The minimum atomic E-state index is -0.898. The Morgan fingerprint density at radius 1 is 0.796 bits per heavy atom. The van der Waals surface area contributed by atoms with Crippen LogP contribution in [0.4, 0.5) is 10.5 Å². The summed E-state index contributed by atoms with van der Waals surface area (Å²) in [5.41, 5.74) is 5.31. The number of primary amides is 1. The van der Waals surface area contributed by atoms with Crippen LogP contribution in [0.5, 0.6) is 0 Å². The van der Waals surface area contributed by atoms with Gasteiger partial charge in [-0.25, -0.2) is 4.79 Å². The molecule has 0 saturated heterocycles. The highest BCUT2D eigenvalue weighted by atomic mass is 16.2. The Morgan fingerprint density at radius 3 is 1.93 bits per heavy atom. The van der Waals surface area contributed by atoms with Crippen LogP contribution in [0.3, 0.4) is 0 Å². The van der Waals surface area contributed by atoms with Crippen molar-refractivity contribution in [2.75, 3.05) is 25.0 Å². The van der Waals surface area contributed by atoms with Crippen molar-refractivity contribution in [3.05, 3.63) is 29.8 Å². The molecule has 0 radical (unpaired) electrons. The predicted molar refractivity (Wildman–Crippen MR) is 216 cm³/mol. The molecule has 2 fully saturated rings.